The average molecular weight is 314 g/mol. The fourth-order valence-electron chi connectivity index (χ4n) is 1.87. The van der Waals surface area contributed by atoms with Crippen molar-refractivity contribution in [2.45, 2.75) is 13.0 Å². The molecule has 0 amide bonds. The zero-order valence-corrected chi connectivity index (χ0v) is 12.0. The van der Waals surface area contributed by atoms with Gasteiger partial charge in [0, 0.05) is 15.4 Å². The van der Waals surface area contributed by atoms with Gasteiger partial charge in [-0.05, 0) is 46.4 Å². The van der Waals surface area contributed by atoms with Gasteiger partial charge in [-0.2, -0.15) is 11.3 Å². The Kier molecular flexibility index (Phi) is 3.97. The van der Waals surface area contributed by atoms with Crippen LogP contribution in [0.2, 0.25) is 0 Å². The van der Waals surface area contributed by atoms with Gasteiger partial charge in [0.05, 0.1) is 6.04 Å². The third-order valence-electron chi connectivity index (χ3n) is 2.77. The molecule has 0 aliphatic carbocycles. The van der Waals surface area contributed by atoms with Crippen LogP contribution >= 0.6 is 27.3 Å². The molecule has 0 bridgehead atoms. The van der Waals surface area contributed by atoms with Gasteiger partial charge in [0.25, 0.3) is 0 Å². The van der Waals surface area contributed by atoms with Gasteiger partial charge < -0.3 is 5.32 Å². The quantitative estimate of drug-likeness (QED) is 0.892. The van der Waals surface area contributed by atoms with Gasteiger partial charge in [0.2, 0.25) is 0 Å². The van der Waals surface area contributed by atoms with Gasteiger partial charge in [-0.15, -0.1) is 0 Å². The van der Waals surface area contributed by atoms with E-state index in [9.17, 15) is 4.39 Å². The molecule has 17 heavy (non-hydrogen) atoms. The van der Waals surface area contributed by atoms with Crippen molar-refractivity contribution in [2.24, 2.45) is 0 Å². The fraction of sp³-hybridized carbons (Fsp3) is 0.231. The summed E-state index contributed by atoms with van der Waals surface area (Å²) in [6, 6.07) is 5.38. The van der Waals surface area contributed by atoms with E-state index in [0.717, 1.165) is 10.0 Å². The highest BCUT2D eigenvalue weighted by Gasteiger charge is 2.19. The normalized spacial score (nSPS) is 12.7. The molecular weight excluding hydrogens is 301 g/mol. The van der Waals surface area contributed by atoms with Crippen LogP contribution in [0, 0.1) is 12.7 Å². The predicted molar refractivity (Wildman–Crippen MR) is 74.1 cm³/mol. The van der Waals surface area contributed by atoms with Gasteiger partial charge in [-0.3, -0.25) is 0 Å². The van der Waals surface area contributed by atoms with Crippen molar-refractivity contribution >= 4 is 27.3 Å². The number of nitrogens with one attached hydrogen (secondary N) is 1. The van der Waals surface area contributed by atoms with E-state index < -0.39 is 0 Å². The van der Waals surface area contributed by atoms with E-state index in [1.807, 2.05) is 29.9 Å². The van der Waals surface area contributed by atoms with E-state index in [-0.39, 0.29) is 11.9 Å². The SMILES string of the molecule is CNC(c1cscc1Br)c1cccc(C)c1F. The first kappa shape index (κ1) is 12.7. The van der Waals surface area contributed by atoms with Crippen LogP contribution in [0.5, 0.6) is 0 Å². The minimum absolute atomic E-state index is 0.115. The van der Waals surface area contributed by atoms with Crippen molar-refractivity contribution in [3.63, 3.8) is 0 Å². The van der Waals surface area contributed by atoms with Gasteiger partial charge >= 0.3 is 0 Å². The highest BCUT2D eigenvalue weighted by molar-refractivity contribution is 9.10. The Bertz CT molecular complexity index is 524. The van der Waals surface area contributed by atoms with Crippen molar-refractivity contribution in [3.05, 3.63) is 55.9 Å². The minimum Gasteiger partial charge on any atom is -0.309 e. The number of hydrogen-bond donors (Lipinski definition) is 1. The second-order valence-electron chi connectivity index (χ2n) is 3.87. The van der Waals surface area contributed by atoms with Crippen LogP contribution in [0.25, 0.3) is 0 Å². The Hall–Kier alpha value is -0.710. The Morgan fingerprint density at radius 1 is 1.29 bits per heavy atom. The highest BCUT2D eigenvalue weighted by Crippen LogP contribution is 2.32. The topological polar surface area (TPSA) is 12.0 Å². The van der Waals surface area contributed by atoms with Crippen molar-refractivity contribution in [1.29, 1.82) is 0 Å². The maximum absolute atomic E-state index is 14.1. The first-order valence-electron chi connectivity index (χ1n) is 5.29. The van der Waals surface area contributed by atoms with Crippen LogP contribution in [0.15, 0.2) is 33.4 Å². The number of rotatable bonds is 3. The van der Waals surface area contributed by atoms with Crippen molar-refractivity contribution < 1.29 is 4.39 Å². The Morgan fingerprint density at radius 2 is 2.06 bits per heavy atom. The summed E-state index contributed by atoms with van der Waals surface area (Å²) in [6.45, 7) is 1.79. The smallest absolute Gasteiger partial charge is 0.131 e. The number of thiophene rings is 1. The van der Waals surface area contributed by atoms with Crippen molar-refractivity contribution in [3.8, 4) is 0 Å². The van der Waals surface area contributed by atoms with Crippen LogP contribution in [0.4, 0.5) is 4.39 Å². The lowest BCUT2D eigenvalue weighted by Gasteiger charge is -2.18. The van der Waals surface area contributed by atoms with Crippen LogP contribution in [-0.2, 0) is 0 Å². The molecule has 0 aliphatic rings. The molecule has 1 nitrogen and oxygen atoms in total. The molecule has 4 heteroatoms. The second kappa shape index (κ2) is 5.29. The zero-order chi connectivity index (χ0) is 12.4. The van der Waals surface area contributed by atoms with E-state index in [2.05, 4.69) is 21.2 Å². The minimum atomic E-state index is -0.134. The lowest BCUT2D eigenvalue weighted by Crippen LogP contribution is -2.19. The third-order valence-corrected chi connectivity index (χ3v) is 4.53. The van der Waals surface area contributed by atoms with Crippen molar-refractivity contribution in [1.82, 2.24) is 5.32 Å². The van der Waals surface area contributed by atoms with E-state index in [4.69, 9.17) is 0 Å². The summed E-state index contributed by atoms with van der Waals surface area (Å²) in [5, 5.41) is 7.21. The Morgan fingerprint density at radius 3 is 2.65 bits per heavy atom. The molecule has 90 valence electrons. The lowest BCUT2D eigenvalue weighted by molar-refractivity contribution is 0.569. The average Bonchev–Trinajstić information content (AvgIpc) is 2.72. The summed E-state index contributed by atoms with van der Waals surface area (Å²) in [6.07, 6.45) is 0. The number of aryl methyl sites for hydroxylation is 1. The summed E-state index contributed by atoms with van der Waals surface area (Å²) in [5.41, 5.74) is 2.43. The van der Waals surface area contributed by atoms with Crippen LogP contribution in [-0.4, -0.2) is 7.05 Å². The lowest BCUT2D eigenvalue weighted by atomic mass is 9.99. The molecule has 1 N–H and O–H groups in total. The maximum Gasteiger partial charge on any atom is 0.131 e. The van der Waals surface area contributed by atoms with Gasteiger partial charge in [0.1, 0.15) is 5.82 Å². The molecule has 1 heterocycles. The Balaban J connectivity index is 2.50. The van der Waals surface area contributed by atoms with E-state index in [1.165, 1.54) is 0 Å². The molecule has 0 spiro atoms. The van der Waals surface area contributed by atoms with E-state index in [0.29, 0.717) is 11.1 Å². The molecular formula is C13H13BrFNS. The van der Waals surface area contributed by atoms with Gasteiger partial charge in [0.15, 0.2) is 0 Å². The molecule has 2 aromatic rings. The molecule has 0 radical (unpaired) electrons. The third kappa shape index (κ3) is 2.44. The van der Waals surface area contributed by atoms with Crippen LogP contribution < -0.4 is 5.32 Å². The second-order valence-corrected chi connectivity index (χ2v) is 5.47. The highest BCUT2D eigenvalue weighted by atomic mass is 79.9. The first-order chi connectivity index (χ1) is 8.15. The maximum atomic E-state index is 14.1. The molecule has 0 saturated carbocycles. The molecule has 2 rings (SSSR count). The van der Waals surface area contributed by atoms with Crippen molar-refractivity contribution in [2.75, 3.05) is 7.05 Å². The summed E-state index contributed by atoms with van der Waals surface area (Å²) >= 11 is 5.10. The Labute approximate surface area is 113 Å². The molecule has 0 fully saturated rings. The predicted octanol–water partition coefficient (Wildman–Crippen LogP) is 4.27. The van der Waals surface area contributed by atoms with E-state index in [1.54, 1.807) is 24.3 Å². The number of hydrogen-bond acceptors (Lipinski definition) is 2. The van der Waals surface area contributed by atoms with Crippen LogP contribution in [0.1, 0.15) is 22.7 Å². The fourth-order valence-corrected chi connectivity index (χ4v) is 3.42. The van der Waals surface area contributed by atoms with Crippen LogP contribution in [0.3, 0.4) is 0 Å². The molecule has 0 saturated heterocycles. The standard InChI is InChI=1S/C13H13BrFNS/c1-8-4-3-5-9(12(8)15)13(16-2)10-6-17-7-11(10)14/h3-7,13,16H,1-2H3. The molecule has 0 aliphatic heterocycles. The summed E-state index contributed by atoms with van der Waals surface area (Å²) in [4.78, 5) is 0. The van der Waals surface area contributed by atoms with E-state index >= 15 is 0 Å². The molecule has 1 aromatic carbocycles. The molecule has 1 aromatic heterocycles. The summed E-state index contributed by atoms with van der Waals surface area (Å²) in [5.74, 6) is -0.134. The number of halogens is 2. The summed E-state index contributed by atoms with van der Waals surface area (Å²) in [7, 11) is 1.84. The first-order valence-corrected chi connectivity index (χ1v) is 7.02. The summed E-state index contributed by atoms with van der Waals surface area (Å²) < 4.78 is 15.1. The monoisotopic (exact) mass is 313 g/mol. The molecule has 1 unspecified atom stereocenters. The van der Waals surface area contributed by atoms with Gasteiger partial charge in [-0.1, -0.05) is 18.2 Å². The number of benzene rings is 1. The van der Waals surface area contributed by atoms with Gasteiger partial charge in [-0.25, -0.2) is 4.39 Å². The zero-order valence-electron chi connectivity index (χ0n) is 9.63. The molecule has 1 atom stereocenters. The largest absolute Gasteiger partial charge is 0.309 e.